The van der Waals surface area contributed by atoms with E-state index in [1.54, 1.807) is 12.1 Å². The molecule has 2 N–H and O–H groups in total. The fourth-order valence-electron chi connectivity index (χ4n) is 2.56. The van der Waals surface area contributed by atoms with Crippen molar-refractivity contribution in [3.05, 3.63) is 29.3 Å². The topological polar surface area (TPSA) is 92.7 Å². The molecule has 1 amide bonds. The van der Waals surface area contributed by atoms with Gasteiger partial charge in [0.2, 0.25) is 0 Å². The van der Waals surface area contributed by atoms with Crippen molar-refractivity contribution >= 4 is 17.7 Å². The number of hydrogen-bond acceptors (Lipinski definition) is 4. The van der Waals surface area contributed by atoms with E-state index in [9.17, 15) is 14.4 Å². The predicted octanol–water partition coefficient (Wildman–Crippen LogP) is 1.95. The molecule has 1 aromatic carbocycles. The summed E-state index contributed by atoms with van der Waals surface area (Å²) in [6.07, 6.45) is 3.24. The van der Waals surface area contributed by atoms with Crippen molar-refractivity contribution in [3.63, 3.8) is 0 Å². The molecule has 6 heteroatoms. The quantitative estimate of drug-likeness (QED) is 0.764. The number of rotatable bonds is 8. The van der Waals surface area contributed by atoms with Crippen LogP contribution in [0.4, 0.5) is 0 Å². The van der Waals surface area contributed by atoms with E-state index in [1.165, 1.54) is 0 Å². The minimum absolute atomic E-state index is 0.0837. The number of nitrogens with one attached hydrogen (secondary N) is 1. The molecule has 1 atom stereocenters. The normalized spacial score (nSPS) is 14.2. The Hall–Kier alpha value is -2.37. The predicted molar refractivity (Wildman–Crippen MR) is 83.7 cm³/mol. The highest BCUT2D eigenvalue weighted by molar-refractivity contribution is 6.00. The number of aliphatic carboxylic acids is 1. The number of hydrogen-bond donors (Lipinski definition) is 2. The number of Topliss-reactive ketones (excluding diaryl/α,β-unsaturated/α-hetero) is 1. The van der Waals surface area contributed by atoms with Gasteiger partial charge in [-0.2, -0.15) is 0 Å². The van der Waals surface area contributed by atoms with Crippen molar-refractivity contribution in [2.24, 2.45) is 0 Å². The number of carbonyl (C=O) groups is 3. The largest absolute Gasteiger partial charge is 0.484 e. The van der Waals surface area contributed by atoms with E-state index in [-0.39, 0.29) is 12.4 Å². The van der Waals surface area contributed by atoms with Gasteiger partial charge in [0.1, 0.15) is 11.8 Å². The fraction of sp³-hybridized carbons (Fsp3) is 0.471. The lowest BCUT2D eigenvalue weighted by Gasteiger charge is -2.14. The van der Waals surface area contributed by atoms with Gasteiger partial charge >= 0.3 is 5.97 Å². The van der Waals surface area contributed by atoms with Crippen LogP contribution in [0.15, 0.2) is 18.2 Å². The molecule has 0 fully saturated rings. The van der Waals surface area contributed by atoms with Crippen LogP contribution in [0.2, 0.25) is 0 Å². The molecule has 1 aliphatic rings. The monoisotopic (exact) mass is 319 g/mol. The maximum atomic E-state index is 11.8. The second-order valence-corrected chi connectivity index (χ2v) is 5.63. The van der Waals surface area contributed by atoms with Gasteiger partial charge in [-0.25, -0.2) is 4.79 Å². The van der Waals surface area contributed by atoms with Crippen LogP contribution in [0.25, 0.3) is 0 Å². The third-order valence-corrected chi connectivity index (χ3v) is 3.85. The molecule has 0 heterocycles. The number of benzene rings is 1. The molecule has 0 aromatic heterocycles. The first-order valence-corrected chi connectivity index (χ1v) is 7.82. The molecule has 1 aromatic rings. The van der Waals surface area contributed by atoms with E-state index in [2.05, 4.69) is 5.32 Å². The first-order chi connectivity index (χ1) is 11.0. The fourth-order valence-corrected chi connectivity index (χ4v) is 2.56. The summed E-state index contributed by atoms with van der Waals surface area (Å²) < 4.78 is 5.37. The van der Waals surface area contributed by atoms with Gasteiger partial charge in [-0.05, 0) is 30.5 Å². The summed E-state index contributed by atoms with van der Waals surface area (Å²) in [5.41, 5.74) is 1.64. The number of carbonyl (C=O) groups excluding carboxylic acids is 2. The van der Waals surface area contributed by atoms with Crippen molar-refractivity contribution in [1.82, 2.24) is 5.32 Å². The number of ketones is 1. The van der Waals surface area contributed by atoms with Gasteiger partial charge in [-0.3, -0.25) is 9.59 Å². The van der Waals surface area contributed by atoms with Gasteiger partial charge in [0.05, 0.1) is 0 Å². The number of unbranched alkanes of at least 4 members (excludes halogenated alkanes) is 1. The van der Waals surface area contributed by atoms with Crippen molar-refractivity contribution in [1.29, 1.82) is 0 Å². The standard InChI is InChI=1S/C17H21NO5/c1-2-3-4-14(17(21)22)18-16(20)10-23-12-7-5-11-6-8-15(19)13(11)9-12/h5,7,9,14H,2-4,6,8,10H2,1H3,(H,18,20)(H,21,22)/t14-/m1/s1. The number of amides is 1. The molecule has 0 aliphatic heterocycles. The Morgan fingerprint density at radius 3 is 2.83 bits per heavy atom. The minimum Gasteiger partial charge on any atom is -0.484 e. The molecule has 0 saturated carbocycles. The Kier molecular flexibility index (Phi) is 5.73. The molecule has 0 saturated heterocycles. The zero-order valence-corrected chi connectivity index (χ0v) is 13.1. The Morgan fingerprint density at radius 2 is 2.13 bits per heavy atom. The lowest BCUT2D eigenvalue weighted by Crippen LogP contribution is -2.42. The Labute approximate surface area is 134 Å². The summed E-state index contributed by atoms with van der Waals surface area (Å²) in [7, 11) is 0. The van der Waals surface area contributed by atoms with E-state index < -0.39 is 17.9 Å². The highest BCUT2D eigenvalue weighted by Crippen LogP contribution is 2.26. The number of aryl methyl sites for hydroxylation is 1. The Balaban J connectivity index is 1.88. The van der Waals surface area contributed by atoms with Gasteiger partial charge < -0.3 is 15.2 Å². The summed E-state index contributed by atoms with van der Waals surface area (Å²) in [4.78, 5) is 34.6. The highest BCUT2D eigenvalue weighted by atomic mass is 16.5. The van der Waals surface area contributed by atoms with Crippen LogP contribution < -0.4 is 10.1 Å². The van der Waals surface area contributed by atoms with Gasteiger partial charge in [-0.1, -0.05) is 25.8 Å². The zero-order valence-electron chi connectivity index (χ0n) is 13.1. The molecule has 0 radical (unpaired) electrons. The smallest absolute Gasteiger partial charge is 0.326 e. The first-order valence-electron chi connectivity index (χ1n) is 7.82. The summed E-state index contributed by atoms with van der Waals surface area (Å²) in [6, 6.07) is 4.29. The van der Waals surface area contributed by atoms with E-state index in [0.717, 1.165) is 24.8 Å². The Morgan fingerprint density at radius 1 is 1.35 bits per heavy atom. The van der Waals surface area contributed by atoms with Gasteiger partial charge in [-0.15, -0.1) is 0 Å². The van der Waals surface area contributed by atoms with E-state index in [1.807, 2.05) is 13.0 Å². The molecule has 0 spiro atoms. The summed E-state index contributed by atoms with van der Waals surface area (Å²) >= 11 is 0. The maximum Gasteiger partial charge on any atom is 0.326 e. The second kappa shape index (κ2) is 7.76. The van der Waals surface area contributed by atoms with Crippen LogP contribution in [0.5, 0.6) is 5.75 Å². The molecule has 6 nitrogen and oxygen atoms in total. The highest BCUT2D eigenvalue weighted by Gasteiger charge is 2.21. The molecule has 2 rings (SSSR count). The molecule has 124 valence electrons. The van der Waals surface area contributed by atoms with E-state index in [0.29, 0.717) is 24.2 Å². The minimum atomic E-state index is -1.05. The number of ether oxygens (including phenoxy) is 1. The number of carboxylic acid groups (broad SMARTS) is 1. The molecule has 0 bridgehead atoms. The lowest BCUT2D eigenvalue weighted by molar-refractivity contribution is -0.142. The van der Waals surface area contributed by atoms with Crippen LogP contribution in [0.1, 0.15) is 48.5 Å². The molecule has 23 heavy (non-hydrogen) atoms. The van der Waals surface area contributed by atoms with Gasteiger partial charge in [0, 0.05) is 12.0 Å². The SMILES string of the molecule is CCCC[C@@H](NC(=O)COc1ccc2c(c1)C(=O)CC2)C(=O)O. The maximum absolute atomic E-state index is 11.8. The molecular weight excluding hydrogens is 298 g/mol. The van der Waals surface area contributed by atoms with Crippen molar-refractivity contribution in [3.8, 4) is 5.75 Å². The average Bonchev–Trinajstić information content (AvgIpc) is 2.90. The molecule has 1 aliphatic carbocycles. The number of fused-ring (bicyclic) bond motifs is 1. The third-order valence-electron chi connectivity index (χ3n) is 3.85. The number of carboxylic acids is 1. The van der Waals surface area contributed by atoms with Crippen LogP contribution in [0, 0.1) is 0 Å². The second-order valence-electron chi connectivity index (χ2n) is 5.63. The average molecular weight is 319 g/mol. The first kappa shape index (κ1) is 17.0. The third kappa shape index (κ3) is 4.55. The molecule has 0 unspecified atom stereocenters. The van der Waals surface area contributed by atoms with Crippen LogP contribution in [-0.2, 0) is 16.0 Å². The molecular formula is C17H21NO5. The van der Waals surface area contributed by atoms with Gasteiger partial charge in [0.15, 0.2) is 12.4 Å². The zero-order chi connectivity index (χ0) is 16.8. The van der Waals surface area contributed by atoms with Crippen LogP contribution in [0.3, 0.4) is 0 Å². The van der Waals surface area contributed by atoms with Crippen LogP contribution in [-0.4, -0.2) is 35.4 Å². The van der Waals surface area contributed by atoms with Crippen molar-refractivity contribution < 1.29 is 24.2 Å². The summed E-state index contributed by atoms with van der Waals surface area (Å²) in [5, 5.41) is 11.5. The van der Waals surface area contributed by atoms with Crippen molar-refractivity contribution in [2.75, 3.05) is 6.61 Å². The Bertz CT molecular complexity index is 611. The van der Waals surface area contributed by atoms with E-state index in [4.69, 9.17) is 9.84 Å². The lowest BCUT2D eigenvalue weighted by atomic mass is 10.1. The van der Waals surface area contributed by atoms with Crippen LogP contribution >= 0.6 is 0 Å². The van der Waals surface area contributed by atoms with Gasteiger partial charge in [0.25, 0.3) is 5.91 Å². The summed E-state index contributed by atoms with van der Waals surface area (Å²) in [5.74, 6) is -1.01. The van der Waals surface area contributed by atoms with Crippen molar-refractivity contribution in [2.45, 2.75) is 45.1 Å². The van der Waals surface area contributed by atoms with E-state index >= 15 is 0 Å². The summed E-state index contributed by atoms with van der Waals surface area (Å²) in [6.45, 7) is 1.68.